The third-order valence-electron chi connectivity index (χ3n) is 3.58. The van der Waals surface area contributed by atoms with E-state index in [0.29, 0.717) is 5.56 Å². The number of Topliss-reactive ketones (excluding diaryl/α,β-unsaturated/α-hetero) is 1. The number of hydrogen-bond donors (Lipinski definition) is 0. The summed E-state index contributed by atoms with van der Waals surface area (Å²) in [7, 11) is 1.61. The van der Waals surface area contributed by atoms with E-state index >= 15 is 0 Å². The van der Waals surface area contributed by atoms with Crippen molar-refractivity contribution >= 4 is 28.4 Å². The van der Waals surface area contributed by atoms with E-state index < -0.39 is 0 Å². The predicted molar refractivity (Wildman–Crippen MR) is 95.9 cm³/mol. The highest BCUT2D eigenvalue weighted by Crippen LogP contribution is 2.23. The molecule has 0 fully saturated rings. The number of amidine groups is 1. The fraction of sp³-hybridized carbons (Fsp3) is 0.222. The van der Waals surface area contributed by atoms with Crippen LogP contribution >= 0.6 is 11.8 Å². The summed E-state index contributed by atoms with van der Waals surface area (Å²) in [4.78, 5) is 19.1. The molecule has 0 N–H and O–H groups in total. The van der Waals surface area contributed by atoms with Gasteiger partial charge in [0.2, 0.25) is 0 Å². The molecule has 1 heterocycles. The van der Waals surface area contributed by atoms with Crippen LogP contribution in [0.15, 0.2) is 59.6 Å². The number of rotatable bonds is 5. The van der Waals surface area contributed by atoms with Gasteiger partial charge in [-0.1, -0.05) is 30.0 Å². The molecule has 0 aliphatic carbocycles. The Labute approximate surface area is 140 Å². The predicted octanol–water partition coefficient (Wildman–Crippen LogP) is 3.49. The molecular formula is C18H18N2O2S. The van der Waals surface area contributed by atoms with Crippen molar-refractivity contribution in [2.24, 2.45) is 4.99 Å². The molecule has 2 aromatic rings. The van der Waals surface area contributed by atoms with E-state index in [9.17, 15) is 4.79 Å². The minimum Gasteiger partial charge on any atom is -0.497 e. The van der Waals surface area contributed by atoms with Gasteiger partial charge in [0.1, 0.15) is 5.75 Å². The molecule has 0 unspecified atom stereocenters. The minimum absolute atomic E-state index is 0.0618. The topological polar surface area (TPSA) is 41.9 Å². The summed E-state index contributed by atoms with van der Waals surface area (Å²) in [5.41, 5.74) is 1.66. The highest BCUT2D eigenvalue weighted by atomic mass is 32.2. The number of para-hydroxylation sites is 1. The molecule has 1 aliphatic heterocycles. The first-order chi connectivity index (χ1) is 11.3. The third-order valence-corrected chi connectivity index (χ3v) is 4.58. The zero-order chi connectivity index (χ0) is 16.1. The van der Waals surface area contributed by atoms with Gasteiger partial charge in [0.05, 0.1) is 20.2 Å². The van der Waals surface area contributed by atoms with Crippen molar-refractivity contribution in [1.82, 2.24) is 0 Å². The summed E-state index contributed by atoms with van der Waals surface area (Å²) in [6, 6.07) is 17.1. The molecule has 0 aromatic heterocycles. The number of ether oxygens (including phenoxy) is 1. The Morgan fingerprint density at radius 3 is 2.52 bits per heavy atom. The summed E-state index contributed by atoms with van der Waals surface area (Å²) in [6.07, 6.45) is 0. The SMILES string of the molecule is COc1ccc(C(=O)CN(C2=NCCS2)c2ccccc2)cc1. The van der Waals surface area contributed by atoms with Gasteiger partial charge in [-0.25, -0.2) is 0 Å². The van der Waals surface area contributed by atoms with Crippen LogP contribution in [0.4, 0.5) is 5.69 Å². The Bertz CT molecular complexity index is 699. The second-order valence-electron chi connectivity index (χ2n) is 5.09. The van der Waals surface area contributed by atoms with Gasteiger partial charge in [-0.15, -0.1) is 0 Å². The molecule has 23 heavy (non-hydrogen) atoms. The molecule has 1 aliphatic rings. The maximum atomic E-state index is 12.6. The van der Waals surface area contributed by atoms with Gasteiger partial charge in [-0.3, -0.25) is 9.79 Å². The highest BCUT2D eigenvalue weighted by molar-refractivity contribution is 8.14. The number of ketones is 1. The van der Waals surface area contributed by atoms with Crippen molar-refractivity contribution in [1.29, 1.82) is 0 Å². The normalized spacial score (nSPS) is 13.5. The first-order valence-electron chi connectivity index (χ1n) is 7.45. The maximum absolute atomic E-state index is 12.6. The summed E-state index contributed by atoms with van der Waals surface area (Å²) < 4.78 is 5.14. The Morgan fingerprint density at radius 2 is 1.91 bits per heavy atom. The van der Waals surface area contributed by atoms with E-state index in [-0.39, 0.29) is 12.3 Å². The number of anilines is 1. The van der Waals surface area contributed by atoms with Gasteiger partial charge in [0.25, 0.3) is 0 Å². The van der Waals surface area contributed by atoms with E-state index in [4.69, 9.17) is 4.74 Å². The van der Waals surface area contributed by atoms with E-state index in [1.807, 2.05) is 47.4 Å². The van der Waals surface area contributed by atoms with Crippen molar-refractivity contribution in [3.63, 3.8) is 0 Å². The van der Waals surface area contributed by atoms with Crippen LogP contribution in [-0.4, -0.2) is 36.9 Å². The van der Waals surface area contributed by atoms with E-state index in [2.05, 4.69) is 4.99 Å². The van der Waals surface area contributed by atoms with E-state index in [0.717, 1.165) is 28.9 Å². The Morgan fingerprint density at radius 1 is 1.17 bits per heavy atom. The lowest BCUT2D eigenvalue weighted by molar-refractivity contribution is 0.100. The summed E-state index contributed by atoms with van der Waals surface area (Å²) in [5.74, 6) is 1.78. The molecule has 0 saturated carbocycles. The summed E-state index contributed by atoms with van der Waals surface area (Å²) in [6.45, 7) is 1.09. The quantitative estimate of drug-likeness (QED) is 0.789. The van der Waals surface area contributed by atoms with Gasteiger partial charge in [-0.2, -0.15) is 0 Å². The van der Waals surface area contributed by atoms with Crippen LogP contribution in [0.5, 0.6) is 5.75 Å². The smallest absolute Gasteiger partial charge is 0.182 e. The molecule has 0 atom stereocenters. The number of methoxy groups -OCH3 is 1. The number of aliphatic imine (C=N–C) groups is 1. The number of carbonyl (C=O) groups is 1. The Kier molecular flexibility index (Phi) is 4.98. The second kappa shape index (κ2) is 7.33. The van der Waals surface area contributed by atoms with Crippen molar-refractivity contribution in [3.05, 3.63) is 60.2 Å². The van der Waals surface area contributed by atoms with Gasteiger partial charge in [-0.05, 0) is 36.4 Å². The van der Waals surface area contributed by atoms with Gasteiger partial charge >= 0.3 is 0 Å². The maximum Gasteiger partial charge on any atom is 0.182 e. The van der Waals surface area contributed by atoms with E-state index in [1.54, 1.807) is 31.0 Å². The Hall–Kier alpha value is -2.27. The molecule has 0 saturated heterocycles. The van der Waals surface area contributed by atoms with Crippen LogP contribution in [0.3, 0.4) is 0 Å². The van der Waals surface area contributed by atoms with Crippen molar-refractivity contribution in [2.45, 2.75) is 0 Å². The first kappa shape index (κ1) is 15.6. The van der Waals surface area contributed by atoms with Crippen LogP contribution in [0.1, 0.15) is 10.4 Å². The van der Waals surface area contributed by atoms with Crippen LogP contribution < -0.4 is 9.64 Å². The zero-order valence-corrected chi connectivity index (χ0v) is 13.8. The molecule has 0 radical (unpaired) electrons. The van der Waals surface area contributed by atoms with Crippen LogP contribution in [-0.2, 0) is 0 Å². The number of nitrogens with zero attached hydrogens (tertiary/aromatic N) is 2. The monoisotopic (exact) mass is 326 g/mol. The first-order valence-corrected chi connectivity index (χ1v) is 8.43. The molecule has 4 nitrogen and oxygen atoms in total. The molecule has 3 rings (SSSR count). The minimum atomic E-state index is 0.0618. The average molecular weight is 326 g/mol. The number of carbonyl (C=O) groups excluding carboxylic acids is 1. The number of benzene rings is 2. The second-order valence-corrected chi connectivity index (χ2v) is 6.15. The molecule has 0 amide bonds. The lowest BCUT2D eigenvalue weighted by atomic mass is 10.1. The lowest BCUT2D eigenvalue weighted by Gasteiger charge is -2.23. The summed E-state index contributed by atoms with van der Waals surface area (Å²) in [5, 5.41) is 0.915. The highest BCUT2D eigenvalue weighted by Gasteiger charge is 2.21. The molecule has 0 spiro atoms. The molecule has 0 bridgehead atoms. The lowest BCUT2D eigenvalue weighted by Crippen LogP contribution is -2.33. The number of thioether (sulfide) groups is 1. The van der Waals surface area contributed by atoms with Gasteiger partial charge in [0, 0.05) is 17.0 Å². The van der Waals surface area contributed by atoms with Gasteiger partial charge in [0.15, 0.2) is 11.0 Å². The Balaban J connectivity index is 1.81. The molecule has 118 valence electrons. The van der Waals surface area contributed by atoms with E-state index in [1.165, 1.54) is 0 Å². The third kappa shape index (κ3) is 3.74. The largest absolute Gasteiger partial charge is 0.497 e. The average Bonchev–Trinajstić information content (AvgIpc) is 3.14. The van der Waals surface area contributed by atoms with Gasteiger partial charge < -0.3 is 9.64 Å². The fourth-order valence-corrected chi connectivity index (χ4v) is 3.25. The zero-order valence-electron chi connectivity index (χ0n) is 12.9. The van der Waals surface area contributed by atoms with Crippen molar-refractivity contribution < 1.29 is 9.53 Å². The van der Waals surface area contributed by atoms with Crippen LogP contribution in [0.2, 0.25) is 0 Å². The molecule has 5 heteroatoms. The van der Waals surface area contributed by atoms with Crippen molar-refractivity contribution in [2.75, 3.05) is 30.9 Å². The standard InChI is InChI=1S/C18H18N2O2S/c1-22-16-9-7-14(8-10-16)17(21)13-20(18-19-11-12-23-18)15-5-3-2-4-6-15/h2-10H,11-13H2,1H3. The molecular weight excluding hydrogens is 308 g/mol. The number of hydrogen-bond acceptors (Lipinski definition) is 5. The molecule has 2 aromatic carbocycles. The van der Waals surface area contributed by atoms with Crippen LogP contribution in [0, 0.1) is 0 Å². The van der Waals surface area contributed by atoms with Crippen molar-refractivity contribution in [3.8, 4) is 5.75 Å². The van der Waals surface area contributed by atoms with Crippen LogP contribution in [0.25, 0.3) is 0 Å². The fourth-order valence-electron chi connectivity index (χ4n) is 2.38. The summed E-state index contributed by atoms with van der Waals surface area (Å²) >= 11 is 1.69.